The lowest BCUT2D eigenvalue weighted by atomic mass is 10.1. The third-order valence-electron chi connectivity index (χ3n) is 3.63. The monoisotopic (exact) mass is 259 g/mol. The highest BCUT2D eigenvalue weighted by atomic mass is 32.2. The molecule has 1 nitrogen and oxygen atoms in total. The molecule has 0 unspecified atom stereocenters. The fourth-order valence-corrected chi connectivity index (χ4v) is 5.37. The van der Waals surface area contributed by atoms with Gasteiger partial charge in [0.15, 0.2) is 5.75 Å². The number of rotatable bonds is 2. The Kier molecular flexibility index (Phi) is 3.46. The van der Waals surface area contributed by atoms with E-state index in [0.29, 0.717) is 10.9 Å². The van der Waals surface area contributed by atoms with Crippen LogP contribution in [-0.4, -0.2) is 18.6 Å². The molecule has 0 radical (unpaired) electrons. The smallest absolute Gasteiger partial charge is 0.204 e. The fraction of sp³-hybridized carbons (Fsp3) is 0.375. The van der Waals surface area contributed by atoms with Gasteiger partial charge < -0.3 is 4.74 Å². The molecule has 0 aliphatic carbocycles. The Morgan fingerprint density at radius 3 is 2.50 bits per heavy atom. The molecular formula is C16H19OS+. The average molecular weight is 259 g/mol. The van der Waals surface area contributed by atoms with Crippen LogP contribution in [0.1, 0.15) is 19.3 Å². The van der Waals surface area contributed by atoms with Crippen molar-refractivity contribution in [2.75, 3.05) is 18.6 Å². The summed E-state index contributed by atoms with van der Waals surface area (Å²) in [5, 5.41) is 2.73. The van der Waals surface area contributed by atoms with Gasteiger partial charge in [-0.15, -0.1) is 0 Å². The summed E-state index contributed by atoms with van der Waals surface area (Å²) in [6, 6.07) is 13.0. The SMILES string of the molecule is COc1ccc2ccccc2c1[S+]1CCCCC1. The van der Waals surface area contributed by atoms with Gasteiger partial charge in [-0.1, -0.05) is 24.3 Å². The van der Waals surface area contributed by atoms with Crippen LogP contribution in [0.3, 0.4) is 0 Å². The largest absolute Gasteiger partial charge is 0.492 e. The summed E-state index contributed by atoms with van der Waals surface area (Å²) in [6.45, 7) is 0. The molecule has 0 saturated carbocycles. The molecule has 1 saturated heterocycles. The van der Waals surface area contributed by atoms with Crippen LogP contribution < -0.4 is 4.74 Å². The van der Waals surface area contributed by atoms with Crippen molar-refractivity contribution >= 4 is 21.7 Å². The van der Waals surface area contributed by atoms with Crippen LogP contribution in [0.15, 0.2) is 41.3 Å². The number of ether oxygens (including phenoxy) is 1. The molecule has 1 fully saturated rings. The predicted octanol–water partition coefficient (Wildman–Crippen LogP) is 4.01. The lowest BCUT2D eigenvalue weighted by Crippen LogP contribution is -2.18. The van der Waals surface area contributed by atoms with E-state index in [4.69, 9.17) is 4.74 Å². The lowest BCUT2D eigenvalue weighted by Gasteiger charge is -2.17. The van der Waals surface area contributed by atoms with Crippen molar-refractivity contribution < 1.29 is 4.74 Å². The van der Waals surface area contributed by atoms with Crippen LogP contribution in [0, 0.1) is 0 Å². The number of benzene rings is 2. The van der Waals surface area contributed by atoms with Gasteiger partial charge in [0.05, 0.1) is 7.11 Å². The van der Waals surface area contributed by atoms with Crippen LogP contribution in [0.4, 0.5) is 0 Å². The first-order valence-electron chi connectivity index (χ1n) is 6.63. The molecule has 0 spiro atoms. The van der Waals surface area contributed by atoms with E-state index in [-0.39, 0.29) is 0 Å². The summed E-state index contributed by atoms with van der Waals surface area (Å²) in [6.07, 6.45) is 4.14. The van der Waals surface area contributed by atoms with Crippen molar-refractivity contribution in [3.63, 3.8) is 0 Å². The number of hydrogen-bond donors (Lipinski definition) is 0. The van der Waals surface area contributed by atoms with Gasteiger partial charge in [-0.25, -0.2) is 0 Å². The molecule has 1 aliphatic rings. The van der Waals surface area contributed by atoms with Crippen LogP contribution in [0.25, 0.3) is 10.8 Å². The van der Waals surface area contributed by atoms with Crippen molar-refractivity contribution in [1.29, 1.82) is 0 Å². The molecule has 1 aliphatic heterocycles. The van der Waals surface area contributed by atoms with Crippen LogP contribution >= 0.6 is 0 Å². The Labute approximate surface area is 112 Å². The maximum Gasteiger partial charge on any atom is 0.204 e. The van der Waals surface area contributed by atoms with Crippen LogP contribution in [-0.2, 0) is 10.9 Å². The Hall–Kier alpha value is -1.15. The molecule has 2 heteroatoms. The van der Waals surface area contributed by atoms with E-state index in [1.165, 1.54) is 46.4 Å². The van der Waals surface area contributed by atoms with Crippen LogP contribution in [0.2, 0.25) is 0 Å². The molecule has 2 aromatic rings. The minimum Gasteiger partial charge on any atom is -0.492 e. The Morgan fingerprint density at radius 1 is 0.944 bits per heavy atom. The van der Waals surface area contributed by atoms with Gasteiger partial charge in [0, 0.05) is 16.3 Å². The first-order chi connectivity index (χ1) is 8.90. The zero-order valence-electron chi connectivity index (χ0n) is 10.8. The summed E-state index contributed by atoms with van der Waals surface area (Å²) in [7, 11) is 2.17. The van der Waals surface area contributed by atoms with Gasteiger partial charge in [0.1, 0.15) is 11.5 Å². The van der Waals surface area contributed by atoms with Gasteiger partial charge in [0.25, 0.3) is 0 Å². The van der Waals surface area contributed by atoms with Crippen molar-refractivity contribution in [2.45, 2.75) is 24.2 Å². The minimum absolute atomic E-state index is 0.381. The summed E-state index contributed by atoms with van der Waals surface area (Å²) in [4.78, 5) is 1.47. The molecular weight excluding hydrogens is 240 g/mol. The third kappa shape index (κ3) is 2.10. The fourth-order valence-electron chi connectivity index (χ4n) is 2.72. The topological polar surface area (TPSA) is 9.23 Å². The Morgan fingerprint density at radius 2 is 1.72 bits per heavy atom. The summed E-state index contributed by atoms with van der Waals surface area (Å²) < 4.78 is 5.61. The van der Waals surface area contributed by atoms with Crippen molar-refractivity contribution in [3.8, 4) is 5.75 Å². The molecule has 3 rings (SSSR count). The molecule has 18 heavy (non-hydrogen) atoms. The zero-order chi connectivity index (χ0) is 12.4. The highest BCUT2D eigenvalue weighted by molar-refractivity contribution is 7.97. The van der Waals surface area contributed by atoms with E-state index in [1.54, 1.807) is 7.11 Å². The normalized spacial score (nSPS) is 16.9. The second-order valence-electron chi connectivity index (χ2n) is 4.78. The second kappa shape index (κ2) is 5.23. The number of methoxy groups -OCH3 is 1. The average Bonchev–Trinajstić information content (AvgIpc) is 2.47. The van der Waals surface area contributed by atoms with E-state index < -0.39 is 0 Å². The molecule has 0 atom stereocenters. The highest BCUT2D eigenvalue weighted by Gasteiger charge is 2.30. The second-order valence-corrected chi connectivity index (χ2v) is 6.99. The summed E-state index contributed by atoms with van der Waals surface area (Å²) >= 11 is 0. The third-order valence-corrected chi connectivity index (χ3v) is 6.19. The molecule has 0 bridgehead atoms. The molecule has 2 aromatic carbocycles. The zero-order valence-corrected chi connectivity index (χ0v) is 11.6. The van der Waals surface area contributed by atoms with Crippen LogP contribution in [0.5, 0.6) is 5.75 Å². The summed E-state index contributed by atoms with van der Waals surface area (Å²) in [5.41, 5.74) is 0. The molecule has 0 amide bonds. The van der Waals surface area contributed by atoms with Gasteiger partial charge in [-0.3, -0.25) is 0 Å². The van der Waals surface area contributed by atoms with Crippen molar-refractivity contribution in [1.82, 2.24) is 0 Å². The quantitative estimate of drug-likeness (QED) is 0.740. The van der Waals surface area contributed by atoms with E-state index in [0.717, 1.165) is 5.75 Å². The summed E-state index contributed by atoms with van der Waals surface area (Å²) in [5.74, 6) is 3.76. The molecule has 0 N–H and O–H groups in total. The Balaban J connectivity index is 2.16. The van der Waals surface area contributed by atoms with Gasteiger partial charge >= 0.3 is 0 Å². The van der Waals surface area contributed by atoms with Gasteiger partial charge in [-0.05, 0) is 36.8 Å². The molecule has 0 aromatic heterocycles. The standard InChI is InChI=1S/C16H19OS/c1-17-15-10-9-13-7-3-4-8-14(13)16(15)18-11-5-2-6-12-18/h3-4,7-10H,2,5-6,11-12H2,1H3/q+1. The predicted molar refractivity (Wildman–Crippen MR) is 79.7 cm³/mol. The van der Waals surface area contributed by atoms with Crippen molar-refractivity contribution in [2.24, 2.45) is 0 Å². The lowest BCUT2D eigenvalue weighted by molar-refractivity contribution is 0.405. The molecule has 1 heterocycles. The van der Waals surface area contributed by atoms with E-state index in [1.807, 2.05) is 0 Å². The molecule has 94 valence electrons. The maximum absolute atomic E-state index is 5.61. The Bertz CT molecular complexity index is 544. The van der Waals surface area contributed by atoms with E-state index in [2.05, 4.69) is 36.4 Å². The highest BCUT2D eigenvalue weighted by Crippen LogP contribution is 2.36. The number of fused-ring (bicyclic) bond motifs is 1. The maximum atomic E-state index is 5.61. The van der Waals surface area contributed by atoms with E-state index in [9.17, 15) is 0 Å². The minimum atomic E-state index is 0.381. The van der Waals surface area contributed by atoms with E-state index >= 15 is 0 Å². The van der Waals surface area contributed by atoms with Gasteiger partial charge in [-0.2, -0.15) is 0 Å². The first-order valence-corrected chi connectivity index (χ1v) is 8.19. The number of hydrogen-bond acceptors (Lipinski definition) is 1. The first kappa shape index (κ1) is 11.9. The van der Waals surface area contributed by atoms with Gasteiger partial charge in [0.2, 0.25) is 4.90 Å². The van der Waals surface area contributed by atoms with Crippen molar-refractivity contribution in [3.05, 3.63) is 36.4 Å².